The third-order valence-corrected chi connectivity index (χ3v) is 2.70. The summed E-state index contributed by atoms with van der Waals surface area (Å²) in [5.41, 5.74) is 0. The molecule has 4 heteroatoms. The lowest BCUT2D eigenvalue weighted by molar-refractivity contribution is -0.123. The molecule has 0 aromatic carbocycles. The van der Waals surface area contributed by atoms with Crippen LogP contribution in [0.3, 0.4) is 0 Å². The van der Waals surface area contributed by atoms with Gasteiger partial charge in [0.25, 0.3) is 0 Å². The summed E-state index contributed by atoms with van der Waals surface area (Å²) in [5, 5.41) is 11.5. The molecule has 0 saturated carbocycles. The minimum absolute atomic E-state index is 0.0634. The highest BCUT2D eigenvalue weighted by Crippen LogP contribution is 1.97. The van der Waals surface area contributed by atoms with Crippen LogP contribution in [0.4, 0.5) is 0 Å². The van der Waals surface area contributed by atoms with E-state index in [0.717, 1.165) is 19.4 Å². The van der Waals surface area contributed by atoms with Crippen molar-refractivity contribution in [2.45, 2.75) is 46.1 Å². The van der Waals surface area contributed by atoms with Gasteiger partial charge in [0.1, 0.15) is 0 Å². The molecule has 1 amide bonds. The fourth-order valence-corrected chi connectivity index (χ4v) is 1.53. The van der Waals surface area contributed by atoms with Crippen molar-refractivity contribution in [3.63, 3.8) is 0 Å². The van der Waals surface area contributed by atoms with Crippen molar-refractivity contribution in [2.24, 2.45) is 0 Å². The molecular weight excluding hydrogens is 202 g/mol. The van der Waals surface area contributed by atoms with Gasteiger partial charge >= 0.3 is 0 Å². The van der Waals surface area contributed by atoms with Gasteiger partial charge in [0.2, 0.25) is 5.91 Å². The molecule has 0 fully saturated rings. The van der Waals surface area contributed by atoms with Crippen LogP contribution >= 0.6 is 0 Å². The number of amides is 1. The zero-order valence-electron chi connectivity index (χ0n) is 10.6. The third kappa shape index (κ3) is 6.41. The van der Waals surface area contributed by atoms with Gasteiger partial charge in [-0.05, 0) is 19.4 Å². The molecule has 0 bridgehead atoms. The van der Waals surface area contributed by atoms with Crippen molar-refractivity contribution < 1.29 is 4.79 Å². The Morgan fingerprint density at radius 1 is 1.38 bits per heavy atom. The van der Waals surface area contributed by atoms with E-state index in [1.54, 1.807) is 0 Å². The summed E-state index contributed by atoms with van der Waals surface area (Å²) in [6.07, 6.45) is 2.41. The predicted molar refractivity (Wildman–Crippen MR) is 64.9 cm³/mol. The first-order valence-corrected chi connectivity index (χ1v) is 6.06. The molecule has 0 aromatic heterocycles. The summed E-state index contributed by atoms with van der Waals surface area (Å²) < 4.78 is 0. The average molecular weight is 225 g/mol. The van der Waals surface area contributed by atoms with E-state index in [1.165, 1.54) is 0 Å². The van der Waals surface area contributed by atoms with Gasteiger partial charge in [-0.25, -0.2) is 0 Å². The molecule has 0 saturated heterocycles. The average Bonchev–Trinajstić information content (AvgIpc) is 2.31. The maximum atomic E-state index is 11.7. The number of hydrogen-bond acceptors (Lipinski definition) is 3. The van der Waals surface area contributed by atoms with Gasteiger partial charge in [-0.3, -0.25) is 9.69 Å². The summed E-state index contributed by atoms with van der Waals surface area (Å²) >= 11 is 0. The normalized spacial score (nSPS) is 10.5. The molecule has 4 nitrogen and oxygen atoms in total. The molecule has 0 unspecified atom stereocenters. The molecule has 0 atom stereocenters. The number of nitrogens with zero attached hydrogens (tertiary/aromatic N) is 2. The lowest BCUT2D eigenvalue weighted by Gasteiger charge is -2.21. The largest absolute Gasteiger partial charge is 0.352 e. The van der Waals surface area contributed by atoms with E-state index < -0.39 is 0 Å². The van der Waals surface area contributed by atoms with Gasteiger partial charge in [0, 0.05) is 19.0 Å². The Kier molecular flexibility index (Phi) is 8.55. The van der Waals surface area contributed by atoms with Crippen LogP contribution in [0.2, 0.25) is 0 Å². The second-order valence-corrected chi connectivity index (χ2v) is 3.86. The number of rotatable bonds is 8. The molecule has 92 valence electrons. The number of nitriles is 1. The van der Waals surface area contributed by atoms with E-state index in [2.05, 4.69) is 25.2 Å². The topological polar surface area (TPSA) is 56.1 Å². The minimum Gasteiger partial charge on any atom is -0.352 e. The molecule has 0 aromatic rings. The van der Waals surface area contributed by atoms with E-state index in [4.69, 9.17) is 5.26 Å². The molecule has 16 heavy (non-hydrogen) atoms. The Morgan fingerprint density at radius 2 is 2.00 bits per heavy atom. The van der Waals surface area contributed by atoms with Crippen LogP contribution in [0.15, 0.2) is 0 Å². The van der Waals surface area contributed by atoms with Gasteiger partial charge in [-0.15, -0.1) is 0 Å². The standard InChI is InChI=1S/C12H23N3O/c1-4-11(5-2)14-12(16)10-15(6-3)9-7-8-13/h11H,4-7,9-10H2,1-3H3,(H,14,16). The highest BCUT2D eigenvalue weighted by Gasteiger charge is 2.11. The summed E-state index contributed by atoms with van der Waals surface area (Å²) in [6.45, 7) is 8.02. The first-order chi connectivity index (χ1) is 7.67. The van der Waals surface area contributed by atoms with Crippen LogP contribution in [0, 0.1) is 11.3 Å². The molecule has 0 rings (SSSR count). The van der Waals surface area contributed by atoms with Crippen molar-refractivity contribution in [2.75, 3.05) is 19.6 Å². The minimum atomic E-state index is 0.0634. The smallest absolute Gasteiger partial charge is 0.234 e. The molecular formula is C12H23N3O. The van der Waals surface area contributed by atoms with E-state index in [1.807, 2.05) is 11.8 Å². The lowest BCUT2D eigenvalue weighted by atomic mass is 10.2. The Balaban J connectivity index is 3.95. The highest BCUT2D eigenvalue weighted by atomic mass is 16.2. The van der Waals surface area contributed by atoms with Crippen LogP contribution in [-0.2, 0) is 4.79 Å². The van der Waals surface area contributed by atoms with Crippen LogP contribution < -0.4 is 5.32 Å². The SMILES string of the molecule is CCC(CC)NC(=O)CN(CC)CCC#N. The van der Waals surface area contributed by atoms with Crippen molar-refractivity contribution in [1.82, 2.24) is 10.2 Å². The highest BCUT2D eigenvalue weighted by molar-refractivity contribution is 5.78. The van der Waals surface area contributed by atoms with E-state index >= 15 is 0 Å². The first-order valence-electron chi connectivity index (χ1n) is 6.06. The monoisotopic (exact) mass is 225 g/mol. The Labute approximate surface area is 98.6 Å². The Hall–Kier alpha value is -1.08. The molecule has 0 spiro atoms. The second kappa shape index (κ2) is 9.17. The zero-order valence-corrected chi connectivity index (χ0v) is 10.6. The summed E-state index contributed by atoms with van der Waals surface area (Å²) in [5.74, 6) is 0.0634. The van der Waals surface area contributed by atoms with Crippen LogP contribution in [-0.4, -0.2) is 36.5 Å². The van der Waals surface area contributed by atoms with Gasteiger partial charge in [-0.2, -0.15) is 5.26 Å². The van der Waals surface area contributed by atoms with Crippen LogP contribution in [0.5, 0.6) is 0 Å². The van der Waals surface area contributed by atoms with E-state index in [9.17, 15) is 4.79 Å². The lowest BCUT2D eigenvalue weighted by Crippen LogP contribution is -2.41. The van der Waals surface area contributed by atoms with Gasteiger partial charge in [0.05, 0.1) is 12.6 Å². The Morgan fingerprint density at radius 3 is 2.44 bits per heavy atom. The van der Waals surface area contributed by atoms with Crippen molar-refractivity contribution in [3.8, 4) is 6.07 Å². The second-order valence-electron chi connectivity index (χ2n) is 3.86. The number of likely N-dealkylation sites (N-methyl/N-ethyl adjacent to an activating group) is 1. The quantitative estimate of drug-likeness (QED) is 0.681. The van der Waals surface area contributed by atoms with Gasteiger partial charge < -0.3 is 5.32 Å². The summed E-state index contributed by atoms with van der Waals surface area (Å²) in [4.78, 5) is 13.7. The zero-order chi connectivity index (χ0) is 12.4. The Bertz CT molecular complexity index is 231. The fraction of sp³-hybridized carbons (Fsp3) is 0.833. The first kappa shape index (κ1) is 14.9. The number of hydrogen-bond donors (Lipinski definition) is 1. The molecule has 0 aliphatic heterocycles. The van der Waals surface area contributed by atoms with Crippen LogP contribution in [0.25, 0.3) is 0 Å². The molecule has 0 heterocycles. The molecule has 1 N–H and O–H groups in total. The maximum Gasteiger partial charge on any atom is 0.234 e. The van der Waals surface area contributed by atoms with Crippen molar-refractivity contribution in [3.05, 3.63) is 0 Å². The molecule has 0 radical (unpaired) electrons. The third-order valence-electron chi connectivity index (χ3n) is 2.70. The van der Waals surface area contributed by atoms with Gasteiger partial charge in [-0.1, -0.05) is 20.8 Å². The van der Waals surface area contributed by atoms with Gasteiger partial charge in [0.15, 0.2) is 0 Å². The molecule has 0 aliphatic carbocycles. The number of carbonyl (C=O) groups is 1. The van der Waals surface area contributed by atoms with Crippen molar-refractivity contribution >= 4 is 5.91 Å². The fourth-order valence-electron chi connectivity index (χ4n) is 1.53. The maximum absolute atomic E-state index is 11.7. The number of nitrogens with one attached hydrogen (secondary N) is 1. The number of carbonyl (C=O) groups excluding carboxylic acids is 1. The molecule has 0 aliphatic rings. The predicted octanol–water partition coefficient (Wildman–Crippen LogP) is 1.53. The van der Waals surface area contributed by atoms with E-state index in [0.29, 0.717) is 19.5 Å². The van der Waals surface area contributed by atoms with E-state index in [-0.39, 0.29) is 11.9 Å². The summed E-state index contributed by atoms with van der Waals surface area (Å²) in [7, 11) is 0. The van der Waals surface area contributed by atoms with Crippen LogP contribution in [0.1, 0.15) is 40.0 Å². The van der Waals surface area contributed by atoms with Crippen molar-refractivity contribution in [1.29, 1.82) is 5.26 Å². The summed E-state index contributed by atoms with van der Waals surface area (Å²) in [6, 6.07) is 2.38.